The summed E-state index contributed by atoms with van der Waals surface area (Å²) < 4.78 is 66.5. The molecule has 1 aromatic heterocycles. The number of carboxylic acid groups (broad SMARTS) is 1. The second-order valence-electron chi connectivity index (χ2n) is 7.82. The molecule has 0 aliphatic rings. The van der Waals surface area contributed by atoms with Gasteiger partial charge in [-0.1, -0.05) is 17.7 Å². The fourth-order valence-electron chi connectivity index (χ4n) is 3.14. The maximum Gasteiger partial charge on any atom is 0.328 e. The Hall–Kier alpha value is -4.47. The highest BCUT2D eigenvalue weighted by atomic mass is 35.5. The third-order valence-corrected chi connectivity index (χ3v) is 6.07. The zero-order valence-electron chi connectivity index (χ0n) is 20.6. The Labute approximate surface area is 231 Å². The summed E-state index contributed by atoms with van der Waals surface area (Å²) in [5, 5.41) is 21.1. The fourth-order valence-corrected chi connectivity index (χ4v) is 4.00. The third-order valence-electron chi connectivity index (χ3n) is 4.83. The minimum Gasteiger partial charge on any atom is -0.492 e. The molecule has 40 heavy (non-hydrogen) atoms. The number of carbonyl (C=O) groups excluding carboxylic acids is 1. The first-order valence-corrected chi connectivity index (χ1v) is 12.9. The van der Waals surface area contributed by atoms with Crippen LogP contribution in [0, 0.1) is 18.7 Å². The predicted molar refractivity (Wildman–Crippen MR) is 141 cm³/mol. The number of benzene rings is 2. The summed E-state index contributed by atoms with van der Waals surface area (Å²) in [6, 6.07) is 6.93. The van der Waals surface area contributed by atoms with Gasteiger partial charge in [-0.25, -0.2) is 14.2 Å². The molecule has 0 saturated heterocycles. The van der Waals surface area contributed by atoms with Crippen molar-refractivity contribution >= 4 is 62.2 Å². The Morgan fingerprint density at radius 2 is 1.80 bits per heavy atom. The lowest BCUT2D eigenvalue weighted by Gasteiger charge is -2.16. The molecule has 0 radical (unpaired) electrons. The number of anilines is 3. The van der Waals surface area contributed by atoms with Gasteiger partial charge in [0.1, 0.15) is 32.9 Å². The first kappa shape index (κ1) is 30.1. The van der Waals surface area contributed by atoms with E-state index in [1.807, 2.05) is 0 Å². The van der Waals surface area contributed by atoms with Crippen molar-refractivity contribution in [3.05, 3.63) is 70.9 Å². The highest BCUT2D eigenvalue weighted by Gasteiger charge is 2.19. The SMILES string of the molecule is CCOc1cc(N=Nc2ccc(C)cc2S(=O)(=O)O)c(NC(=O)/C=C/C(=O)O)cc1Nc1nc(F)cc(F)c1Cl. The number of aryl methyl sites for hydroxylation is 1. The molecule has 3 aromatic rings. The van der Waals surface area contributed by atoms with Crippen molar-refractivity contribution in [2.24, 2.45) is 10.2 Å². The minimum atomic E-state index is -4.68. The molecular weight excluding hydrogens is 576 g/mol. The molecule has 12 nitrogen and oxygen atoms in total. The highest BCUT2D eigenvalue weighted by molar-refractivity contribution is 7.86. The summed E-state index contributed by atoms with van der Waals surface area (Å²) in [4.78, 5) is 26.2. The average Bonchev–Trinajstić information content (AvgIpc) is 2.86. The number of nitrogens with one attached hydrogen (secondary N) is 2. The number of carbonyl (C=O) groups is 2. The number of nitrogens with zero attached hydrogens (tertiary/aromatic N) is 3. The van der Waals surface area contributed by atoms with Crippen molar-refractivity contribution in [2.75, 3.05) is 17.2 Å². The van der Waals surface area contributed by atoms with Crippen molar-refractivity contribution in [3.63, 3.8) is 0 Å². The molecule has 16 heteroatoms. The number of halogens is 3. The van der Waals surface area contributed by atoms with E-state index in [9.17, 15) is 31.3 Å². The molecule has 210 valence electrons. The van der Waals surface area contributed by atoms with E-state index in [4.69, 9.17) is 21.4 Å². The molecule has 1 amide bonds. The van der Waals surface area contributed by atoms with Gasteiger partial charge in [0.25, 0.3) is 10.1 Å². The van der Waals surface area contributed by atoms with Crippen LogP contribution in [0.5, 0.6) is 5.75 Å². The van der Waals surface area contributed by atoms with Gasteiger partial charge in [-0.05, 0) is 37.6 Å². The molecule has 0 bridgehead atoms. The maximum absolute atomic E-state index is 14.0. The Kier molecular flexibility index (Phi) is 9.47. The Morgan fingerprint density at radius 3 is 2.45 bits per heavy atom. The van der Waals surface area contributed by atoms with Gasteiger partial charge in [-0.15, -0.1) is 10.2 Å². The standard InChI is InChI=1S/C24H20ClF2N5O7S/c1-3-39-18-11-16(32-31-14-5-4-12(2)8-19(14)40(36,37)38)15(28-21(33)6-7-22(34)35)10-17(18)29-24-23(25)13(26)9-20(27)30-24/h4-11H,3H2,1-2H3,(H,28,33)(H,29,30)(H,34,35)(H,36,37,38)/b7-6+,32-31?. The third kappa shape index (κ3) is 7.78. The molecule has 0 aliphatic heterocycles. The van der Waals surface area contributed by atoms with Crippen LogP contribution in [0.1, 0.15) is 12.5 Å². The van der Waals surface area contributed by atoms with Crippen molar-refractivity contribution in [1.29, 1.82) is 0 Å². The lowest BCUT2D eigenvalue weighted by Crippen LogP contribution is -2.10. The lowest BCUT2D eigenvalue weighted by molar-refractivity contribution is -0.131. The fraction of sp³-hybridized carbons (Fsp3) is 0.125. The normalized spacial score (nSPS) is 11.7. The Morgan fingerprint density at radius 1 is 1.10 bits per heavy atom. The van der Waals surface area contributed by atoms with E-state index in [0.29, 0.717) is 23.8 Å². The van der Waals surface area contributed by atoms with Gasteiger partial charge in [0.15, 0.2) is 5.82 Å². The first-order chi connectivity index (χ1) is 18.8. The number of hydrogen-bond donors (Lipinski definition) is 4. The van der Waals surface area contributed by atoms with E-state index < -0.39 is 49.5 Å². The Bertz CT molecular complexity index is 1650. The van der Waals surface area contributed by atoms with E-state index in [-0.39, 0.29) is 35.1 Å². The molecule has 0 spiro atoms. The van der Waals surface area contributed by atoms with Gasteiger partial charge in [0.05, 0.1) is 18.0 Å². The van der Waals surface area contributed by atoms with Crippen LogP contribution in [-0.2, 0) is 19.7 Å². The van der Waals surface area contributed by atoms with Gasteiger partial charge in [0, 0.05) is 24.3 Å². The van der Waals surface area contributed by atoms with Gasteiger partial charge >= 0.3 is 5.97 Å². The smallest absolute Gasteiger partial charge is 0.328 e. The van der Waals surface area contributed by atoms with Crippen LogP contribution >= 0.6 is 11.6 Å². The first-order valence-electron chi connectivity index (χ1n) is 11.1. The molecule has 0 aliphatic carbocycles. The van der Waals surface area contributed by atoms with Crippen molar-refractivity contribution in [1.82, 2.24) is 4.98 Å². The number of rotatable bonds is 10. The number of amides is 1. The van der Waals surface area contributed by atoms with Crippen molar-refractivity contribution in [2.45, 2.75) is 18.7 Å². The number of aromatic nitrogens is 1. The summed E-state index contributed by atoms with van der Waals surface area (Å²) in [5.41, 5.74) is 0.0507. The summed E-state index contributed by atoms with van der Waals surface area (Å²) in [6.07, 6.45) is 1.29. The van der Waals surface area contributed by atoms with E-state index in [2.05, 4.69) is 25.8 Å². The van der Waals surface area contributed by atoms with Crippen LogP contribution in [0.3, 0.4) is 0 Å². The van der Waals surface area contributed by atoms with Crippen LogP contribution in [0.4, 0.5) is 37.3 Å². The second kappa shape index (κ2) is 12.6. The largest absolute Gasteiger partial charge is 0.492 e. The van der Waals surface area contributed by atoms with Crippen molar-refractivity contribution < 1.29 is 41.2 Å². The predicted octanol–water partition coefficient (Wildman–Crippen LogP) is 5.71. The lowest BCUT2D eigenvalue weighted by atomic mass is 10.2. The average molecular weight is 596 g/mol. The van der Waals surface area contributed by atoms with Gasteiger partial charge in [0.2, 0.25) is 11.9 Å². The van der Waals surface area contributed by atoms with Gasteiger partial charge in [-0.3, -0.25) is 9.35 Å². The van der Waals surface area contributed by atoms with E-state index in [1.54, 1.807) is 13.8 Å². The molecular formula is C24H20ClF2N5O7S. The summed E-state index contributed by atoms with van der Waals surface area (Å²) in [5.74, 6) is -4.97. The molecule has 0 unspecified atom stereocenters. The number of pyridine rings is 1. The number of hydrogen-bond acceptors (Lipinski definition) is 9. The highest BCUT2D eigenvalue weighted by Crippen LogP contribution is 2.40. The second-order valence-corrected chi connectivity index (χ2v) is 9.59. The molecule has 0 atom stereocenters. The van der Waals surface area contributed by atoms with Crippen LogP contribution in [0.2, 0.25) is 5.02 Å². The molecule has 4 N–H and O–H groups in total. The monoisotopic (exact) mass is 595 g/mol. The van der Waals surface area contributed by atoms with Crippen LogP contribution in [0.15, 0.2) is 63.7 Å². The van der Waals surface area contributed by atoms with E-state index in [1.165, 1.54) is 30.3 Å². The van der Waals surface area contributed by atoms with Gasteiger partial charge in [-0.2, -0.15) is 12.8 Å². The Balaban J connectivity index is 2.17. The zero-order valence-corrected chi connectivity index (χ0v) is 22.2. The topological polar surface area (TPSA) is 180 Å². The number of azo groups is 1. The van der Waals surface area contributed by atoms with Crippen LogP contribution in [-0.4, -0.2) is 41.5 Å². The number of ether oxygens (including phenoxy) is 1. The molecule has 0 fully saturated rings. The van der Waals surface area contributed by atoms with Crippen LogP contribution in [0.25, 0.3) is 0 Å². The number of aliphatic carboxylic acids is 1. The van der Waals surface area contributed by atoms with Crippen LogP contribution < -0.4 is 15.4 Å². The van der Waals surface area contributed by atoms with E-state index in [0.717, 1.165) is 0 Å². The quantitative estimate of drug-likeness (QED) is 0.0988. The summed E-state index contributed by atoms with van der Waals surface area (Å²) in [6.45, 7) is 3.33. The zero-order chi connectivity index (χ0) is 29.6. The minimum absolute atomic E-state index is 0.00618. The van der Waals surface area contributed by atoms with Gasteiger partial charge < -0.3 is 20.5 Å². The molecule has 3 rings (SSSR count). The summed E-state index contributed by atoms with van der Waals surface area (Å²) >= 11 is 5.91. The summed E-state index contributed by atoms with van der Waals surface area (Å²) in [7, 11) is -4.68. The number of carboxylic acids is 1. The van der Waals surface area contributed by atoms with Crippen molar-refractivity contribution in [3.8, 4) is 5.75 Å². The maximum atomic E-state index is 14.0. The molecule has 0 saturated carbocycles. The molecule has 1 heterocycles. The van der Waals surface area contributed by atoms with E-state index >= 15 is 0 Å². The molecule has 2 aromatic carbocycles.